The lowest BCUT2D eigenvalue weighted by Crippen LogP contribution is -2.43. The SMILES string of the molecule is CC1(C)CCCN(CC(=O)Nc2ccc(F)cc2N)C1. The molecule has 2 rings (SSSR count). The maximum Gasteiger partial charge on any atom is 0.238 e. The summed E-state index contributed by atoms with van der Waals surface area (Å²) in [4.78, 5) is 14.2. The van der Waals surface area contributed by atoms with Crippen LogP contribution in [-0.4, -0.2) is 30.4 Å². The average Bonchev–Trinajstić information content (AvgIpc) is 2.31. The van der Waals surface area contributed by atoms with E-state index in [2.05, 4.69) is 24.1 Å². The smallest absolute Gasteiger partial charge is 0.238 e. The van der Waals surface area contributed by atoms with Gasteiger partial charge in [-0.05, 0) is 43.0 Å². The molecule has 4 nitrogen and oxygen atoms in total. The van der Waals surface area contributed by atoms with Gasteiger partial charge in [0, 0.05) is 6.54 Å². The third-order valence-electron chi connectivity index (χ3n) is 3.63. The number of likely N-dealkylation sites (tertiary alicyclic amines) is 1. The van der Waals surface area contributed by atoms with Crippen molar-refractivity contribution in [3.63, 3.8) is 0 Å². The topological polar surface area (TPSA) is 58.4 Å². The molecule has 0 atom stereocenters. The summed E-state index contributed by atoms with van der Waals surface area (Å²) in [5.74, 6) is -0.515. The van der Waals surface area contributed by atoms with Crippen LogP contribution in [0, 0.1) is 11.2 Å². The first-order chi connectivity index (χ1) is 9.35. The summed E-state index contributed by atoms with van der Waals surface area (Å²) in [6.07, 6.45) is 2.30. The summed E-state index contributed by atoms with van der Waals surface area (Å²) in [6.45, 7) is 6.64. The van der Waals surface area contributed by atoms with Crippen LogP contribution < -0.4 is 11.1 Å². The Morgan fingerprint density at radius 1 is 1.50 bits per heavy atom. The van der Waals surface area contributed by atoms with Crippen molar-refractivity contribution in [2.75, 3.05) is 30.7 Å². The van der Waals surface area contributed by atoms with Crippen molar-refractivity contribution in [3.05, 3.63) is 24.0 Å². The number of amides is 1. The minimum Gasteiger partial charge on any atom is -0.397 e. The van der Waals surface area contributed by atoms with Gasteiger partial charge in [-0.25, -0.2) is 4.39 Å². The van der Waals surface area contributed by atoms with Gasteiger partial charge in [-0.3, -0.25) is 9.69 Å². The zero-order valence-electron chi connectivity index (χ0n) is 12.1. The van der Waals surface area contributed by atoms with Gasteiger partial charge in [-0.15, -0.1) is 0 Å². The number of carbonyl (C=O) groups is 1. The molecule has 1 aromatic carbocycles. The first kappa shape index (κ1) is 14.8. The monoisotopic (exact) mass is 279 g/mol. The molecule has 0 saturated carbocycles. The molecule has 0 aromatic heterocycles. The summed E-state index contributed by atoms with van der Waals surface area (Å²) >= 11 is 0. The molecule has 110 valence electrons. The molecule has 1 aliphatic rings. The molecule has 1 aromatic rings. The van der Waals surface area contributed by atoms with Gasteiger partial charge in [0.2, 0.25) is 5.91 Å². The summed E-state index contributed by atoms with van der Waals surface area (Å²) < 4.78 is 12.9. The number of rotatable bonds is 3. The summed E-state index contributed by atoms with van der Waals surface area (Å²) in [5, 5.41) is 2.74. The van der Waals surface area contributed by atoms with Crippen molar-refractivity contribution >= 4 is 17.3 Å². The Kier molecular flexibility index (Phi) is 4.28. The van der Waals surface area contributed by atoms with Crippen molar-refractivity contribution in [1.29, 1.82) is 0 Å². The Balaban J connectivity index is 1.92. The number of nitrogens with one attached hydrogen (secondary N) is 1. The molecule has 3 N–H and O–H groups in total. The van der Waals surface area contributed by atoms with Crippen LogP contribution in [0.15, 0.2) is 18.2 Å². The van der Waals surface area contributed by atoms with Gasteiger partial charge in [0.25, 0.3) is 0 Å². The number of hydrogen-bond donors (Lipinski definition) is 2. The highest BCUT2D eigenvalue weighted by atomic mass is 19.1. The minimum absolute atomic E-state index is 0.110. The lowest BCUT2D eigenvalue weighted by atomic mass is 9.84. The first-order valence-electron chi connectivity index (χ1n) is 6.93. The van der Waals surface area contributed by atoms with Gasteiger partial charge in [0.15, 0.2) is 0 Å². The molecule has 1 heterocycles. The molecule has 0 bridgehead atoms. The number of halogens is 1. The van der Waals surface area contributed by atoms with Gasteiger partial charge in [-0.2, -0.15) is 0 Å². The van der Waals surface area contributed by atoms with Crippen LogP contribution in [0.4, 0.5) is 15.8 Å². The van der Waals surface area contributed by atoms with Gasteiger partial charge in [-0.1, -0.05) is 13.8 Å². The number of anilines is 2. The Bertz CT molecular complexity index is 502. The standard InChI is InChI=1S/C15H22FN3O/c1-15(2)6-3-7-19(10-15)9-14(20)18-13-5-4-11(16)8-12(13)17/h4-5,8H,3,6-7,9-10,17H2,1-2H3,(H,18,20). The zero-order valence-corrected chi connectivity index (χ0v) is 12.1. The number of nitrogens with zero attached hydrogens (tertiary/aromatic N) is 1. The third-order valence-corrected chi connectivity index (χ3v) is 3.63. The Labute approximate surface area is 119 Å². The minimum atomic E-state index is -0.404. The molecule has 1 fully saturated rings. The molecule has 20 heavy (non-hydrogen) atoms. The Hall–Kier alpha value is -1.62. The lowest BCUT2D eigenvalue weighted by molar-refractivity contribution is -0.118. The molecule has 1 amide bonds. The molecule has 0 spiro atoms. The maximum absolute atomic E-state index is 12.9. The molecular weight excluding hydrogens is 257 g/mol. The maximum atomic E-state index is 12.9. The molecule has 0 radical (unpaired) electrons. The molecule has 5 heteroatoms. The number of carbonyl (C=O) groups excluding carboxylic acids is 1. The third kappa shape index (κ3) is 3.93. The fourth-order valence-electron chi connectivity index (χ4n) is 2.72. The second-order valence-electron chi connectivity index (χ2n) is 6.26. The molecule has 1 aliphatic heterocycles. The zero-order chi connectivity index (χ0) is 14.8. The van der Waals surface area contributed by atoms with Crippen molar-refractivity contribution in [3.8, 4) is 0 Å². The Morgan fingerprint density at radius 3 is 2.90 bits per heavy atom. The van der Waals surface area contributed by atoms with E-state index in [1.54, 1.807) is 0 Å². The van der Waals surface area contributed by atoms with Crippen LogP contribution in [0.5, 0.6) is 0 Å². The van der Waals surface area contributed by atoms with E-state index in [0.29, 0.717) is 12.2 Å². The van der Waals surface area contributed by atoms with Crippen LogP contribution in [0.1, 0.15) is 26.7 Å². The number of benzene rings is 1. The van der Waals surface area contributed by atoms with E-state index in [9.17, 15) is 9.18 Å². The van der Waals surface area contributed by atoms with E-state index in [-0.39, 0.29) is 17.0 Å². The molecule has 1 saturated heterocycles. The molecule has 0 aliphatic carbocycles. The highest BCUT2D eigenvalue weighted by molar-refractivity contribution is 5.95. The van der Waals surface area contributed by atoms with Crippen LogP contribution >= 0.6 is 0 Å². The second kappa shape index (κ2) is 5.79. The fraction of sp³-hybridized carbons (Fsp3) is 0.533. The summed E-state index contributed by atoms with van der Waals surface area (Å²) in [5.41, 5.74) is 6.65. The highest BCUT2D eigenvalue weighted by Gasteiger charge is 2.27. The number of piperidine rings is 1. The second-order valence-corrected chi connectivity index (χ2v) is 6.26. The van der Waals surface area contributed by atoms with E-state index < -0.39 is 5.82 Å². The van der Waals surface area contributed by atoms with Crippen molar-refractivity contribution < 1.29 is 9.18 Å². The van der Waals surface area contributed by atoms with Gasteiger partial charge < -0.3 is 11.1 Å². The van der Waals surface area contributed by atoms with Crippen molar-refractivity contribution in [2.45, 2.75) is 26.7 Å². The van der Waals surface area contributed by atoms with Gasteiger partial charge >= 0.3 is 0 Å². The van der Waals surface area contributed by atoms with Crippen molar-refractivity contribution in [2.24, 2.45) is 5.41 Å². The molecular formula is C15H22FN3O. The van der Waals surface area contributed by atoms with Crippen LogP contribution in [0.25, 0.3) is 0 Å². The molecule has 0 unspecified atom stereocenters. The van der Waals surface area contributed by atoms with E-state index in [4.69, 9.17) is 5.73 Å². The lowest BCUT2D eigenvalue weighted by Gasteiger charge is -2.37. The normalized spacial score (nSPS) is 18.8. The van der Waals surface area contributed by atoms with Gasteiger partial charge in [0.05, 0.1) is 17.9 Å². The van der Waals surface area contributed by atoms with Gasteiger partial charge in [0.1, 0.15) is 5.82 Å². The van der Waals surface area contributed by atoms with E-state index >= 15 is 0 Å². The van der Waals surface area contributed by atoms with E-state index in [1.807, 2.05) is 0 Å². The first-order valence-corrected chi connectivity index (χ1v) is 6.93. The highest BCUT2D eigenvalue weighted by Crippen LogP contribution is 2.28. The van der Waals surface area contributed by atoms with Crippen LogP contribution in [-0.2, 0) is 4.79 Å². The quantitative estimate of drug-likeness (QED) is 0.836. The largest absolute Gasteiger partial charge is 0.397 e. The number of nitrogen functional groups attached to an aromatic ring is 1. The predicted molar refractivity (Wildman–Crippen MR) is 78.9 cm³/mol. The average molecular weight is 279 g/mol. The summed E-state index contributed by atoms with van der Waals surface area (Å²) in [7, 11) is 0. The number of nitrogens with two attached hydrogens (primary N) is 1. The van der Waals surface area contributed by atoms with E-state index in [1.165, 1.54) is 24.6 Å². The predicted octanol–water partition coefficient (Wildman–Crippen LogP) is 2.47. The van der Waals surface area contributed by atoms with Crippen LogP contribution in [0.3, 0.4) is 0 Å². The number of hydrogen-bond acceptors (Lipinski definition) is 3. The Morgan fingerprint density at radius 2 is 2.25 bits per heavy atom. The fourth-order valence-corrected chi connectivity index (χ4v) is 2.72. The van der Waals surface area contributed by atoms with E-state index in [0.717, 1.165) is 19.5 Å². The van der Waals surface area contributed by atoms with Crippen molar-refractivity contribution in [1.82, 2.24) is 4.90 Å². The van der Waals surface area contributed by atoms with Crippen LogP contribution in [0.2, 0.25) is 0 Å². The summed E-state index contributed by atoms with van der Waals surface area (Å²) in [6, 6.07) is 3.98.